The molecule has 1 heterocycles. The molecule has 2 aromatic rings. The van der Waals surface area contributed by atoms with Crippen LogP contribution in [-0.2, 0) is 16.0 Å². The molecular formula is C32H45NO3S. The number of benzene rings is 1. The lowest BCUT2D eigenvalue weighted by Crippen LogP contribution is -1.97. The summed E-state index contributed by atoms with van der Waals surface area (Å²) in [5, 5.41) is 11.1. The molecule has 0 spiro atoms. The Balaban J connectivity index is 0.000000510. The van der Waals surface area contributed by atoms with Gasteiger partial charge in [0.2, 0.25) is 0 Å². The summed E-state index contributed by atoms with van der Waals surface area (Å²) in [7, 11) is 0. The number of para-hydroxylation sites is 1. The highest BCUT2D eigenvalue weighted by Gasteiger charge is 2.11. The Labute approximate surface area is 229 Å². The lowest BCUT2D eigenvalue weighted by molar-refractivity contribution is -0.113. The van der Waals surface area contributed by atoms with Gasteiger partial charge < -0.3 is 5.11 Å². The van der Waals surface area contributed by atoms with E-state index >= 15 is 0 Å². The van der Waals surface area contributed by atoms with Gasteiger partial charge in [0, 0.05) is 5.39 Å². The third kappa shape index (κ3) is 12.6. The summed E-state index contributed by atoms with van der Waals surface area (Å²) in [5.41, 5.74) is 1.79. The number of aromatic hydroxyl groups is 1. The van der Waals surface area contributed by atoms with Gasteiger partial charge in [-0.1, -0.05) is 109 Å². The second kappa shape index (κ2) is 18.8. The third-order valence-electron chi connectivity index (χ3n) is 6.75. The van der Waals surface area contributed by atoms with E-state index in [1.165, 1.54) is 114 Å². The Kier molecular flexibility index (Phi) is 15.6. The van der Waals surface area contributed by atoms with E-state index < -0.39 is 0 Å². The fourth-order valence-corrected chi connectivity index (χ4v) is 4.79. The minimum Gasteiger partial charge on any atom is -0.506 e. The molecule has 202 valence electrons. The number of carbonyl (C=O) groups excluding carboxylic acids is 2. The van der Waals surface area contributed by atoms with Gasteiger partial charge in [-0.3, -0.25) is 14.6 Å². The van der Waals surface area contributed by atoms with Gasteiger partial charge in [-0.05, 0) is 49.3 Å². The van der Waals surface area contributed by atoms with Gasteiger partial charge in [0.25, 0.3) is 0 Å². The Morgan fingerprint density at radius 1 is 0.676 bits per heavy atom. The number of ketones is 2. The molecule has 0 amide bonds. The lowest BCUT2D eigenvalue weighted by atomic mass is 10.0. The molecule has 0 saturated carbocycles. The van der Waals surface area contributed by atoms with Gasteiger partial charge in [-0.2, -0.15) is 0 Å². The first-order chi connectivity index (χ1) is 18.0. The zero-order chi connectivity index (χ0) is 26.7. The molecular weight excluding hydrogens is 478 g/mol. The number of rotatable bonds is 16. The molecule has 37 heavy (non-hydrogen) atoms. The van der Waals surface area contributed by atoms with E-state index in [1.54, 1.807) is 0 Å². The molecule has 1 aliphatic rings. The minimum atomic E-state index is -0.121. The van der Waals surface area contributed by atoms with Crippen LogP contribution < -0.4 is 0 Å². The average molecular weight is 524 g/mol. The number of aromatic nitrogens is 1. The van der Waals surface area contributed by atoms with Gasteiger partial charge in [-0.15, -0.1) is 12.6 Å². The van der Waals surface area contributed by atoms with Crippen LogP contribution in [0.2, 0.25) is 0 Å². The summed E-state index contributed by atoms with van der Waals surface area (Å²) in [5.74, 6) is 0.0316. The van der Waals surface area contributed by atoms with E-state index in [1.807, 2.05) is 24.3 Å². The second-order valence-corrected chi connectivity index (χ2v) is 10.4. The number of hydrogen-bond donors (Lipinski definition) is 2. The number of fused-ring (bicyclic) bond motifs is 1. The van der Waals surface area contributed by atoms with Crippen molar-refractivity contribution in [2.45, 2.75) is 115 Å². The summed E-state index contributed by atoms with van der Waals surface area (Å²) in [6, 6.07) is 7.74. The Morgan fingerprint density at radius 2 is 1.11 bits per heavy atom. The number of hydrogen-bond acceptors (Lipinski definition) is 5. The van der Waals surface area contributed by atoms with Gasteiger partial charge in [0.15, 0.2) is 11.6 Å². The number of aryl methyl sites for hydroxylation is 1. The summed E-state index contributed by atoms with van der Waals surface area (Å²) >= 11 is 4.50. The number of thiol groups is 1. The highest BCUT2D eigenvalue weighted by molar-refractivity contribution is 7.80. The van der Waals surface area contributed by atoms with Crippen LogP contribution in [-0.4, -0.2) is 21.7 Å². The molecule has 0 bridgehead atoms. The molecule has 0 unspecified atom stereocenters. The lowest BCUT2D eigenvalue weighted by Gasteiger charge is -2.09. The van der Waals surface area contributed by atoms with Crippen LogP contribution >= 0.6 is 12.6 Å². The SMILES string of the molecule is CCCCCCCCCCCCCCCCCc1nc2ccccc2c(O)c1S.O=C1C=CC(=O)C=C1. The summed E-state index contributed by atoms with van der Waals surface area (Å²) in [4.78, 5) is 25.9. The second-order valence-electron chi connectivity index (χ2n) is 9.94. The predicted molar refractivity (Wildman–Crippen MR) is 158 cm³/mol. The molecule has 0 atom stereocenters. The molecule has 0 radical (unpaired) electrons. The maximum atomic E-state index is 10.3. The summed E-state index contributed by atoms with van der Waals surface area (Å²) < 4.78 is 0. The van der Waals surface area contributed by atoms with Crippen molar-refractivity contribution < 1.29 is 14.7 Å². The molecule has 5 heteroatoms. The number of allylic oxidation sites excluding steroid dienone is 4. The van der Waals surface area contributed by atoms with Crippen molar-refractivity contribution in [1.82, 2.24) is 4.98 Å². The van der Waals surface area contributed by atoms with Crippen LogP contribution in [0.3, 0.4) is 0 Å². The highest BCUT2D eigenvalue weighted by Crippen LogP contribution is 2.32. The van der Waals surface area contributed by atoms with Crippen molar-refractivity contribution in [2.75, 3.05) is 0 Å². The molecule has 1 aliphatic carbocycles. The van der Waals surface area contributed by atoms with E-state index in [2.05, 4.69) is 19.6 Å². The van der Waals surface area contributed by atoms with Gasteiger partial charge >= 0.3 is 0 Å². The topological polar surface area (TPSA) is 67.3 Å². The molecule has 0 aliphatic heterocycles. The number of unbranched alkanes of at least 4 members (excludes halogenated alkanes) is 14. The largest absolute Gasteiger partial charge is 0.506 e. The van der Waals surface area contributed by atoms with Crippen molar-refractivity contribution in [3.63, 3.8) is 0 Å². The van der Waals surface area contributed by atoms with Gasteiger partial charge in [-0.25, -0.2) is 0 Å². The first-order valence-corrected chi connectivity index (χ1v) is 14.7. The molecule has 0 saturated heterocycles. The highest BCUT2D eigenvalue weighted by atomic mass is 32.1. The van der Waals surface area contributed by atoms with Crippen LogP contribution in [0.25, 0.3) is 10.9 Å². The zero-order valence-corrected chi connectivity index (χ0v) is 23.5. The van der Waals surface area contributed by atoms with Crippen LogP contribution in [0.5, 0.6) is 5.75 Å². The number of nitrogens with zero attached hydrogens (tertiary/aromatic N) is 1. The van der Waals surface area contributed by atoms with Gasteiger partial charge in [0.05, 0.1) is 16.1 Å². The smallest absolute Gasteiger partial charge is 0.178 e. The van der Waals surface area contributed by atoms with E-state index in [4.69, 9.17) is 4.98 Å². The van der Waals surface area contributed by atoms with Crippen molar-refractivity contribution in [3.05, 3.63) is 54.3 Å². The third-order valence-corrected chi connectivity index (χ3v) is 7.22. The first-order valence-electron chi connectivity index (χ1n) is 14.3. The van der Waals surface area contributed by atoms with E-state index in [0.29, 0.717) is 4.90 Å². The standard InChI is InChI=1S/C26H41NOS.C6H4O2/c1-2-3-4-5-6-7-8-9-10-11-12-13-14-15-16-21-24-26(29)25(28)22-19-17-18-20-23(22)27-24;7-5-1-2-6(8)4-3-5/h17-20,29H,2-16,21H2,1H3,(H,27,28);1-4H. The molecule has 0 fully saturated rings. The molecule has 4 nitrogen and oxygen atoms in total. The average Bonchev–Trinajstić information content (AvgIpc) is 2.91. The molecule has 3 rings (SSSR count). The normalized spacial score (nSPS) is 12.7. The number of carbonyl (C=O) groups is 2. The predicted octanol–water partition coefficient (Wildman–Crippen LogP) is 8.89. The molecule has 1 aromatic heterocycles. The van der Waals surface area contributed by atoms with Crippen molar-refractivity contribution in [1.29, 1.82) is 0 Å². The summed E-state index contributed by atoms with van der Waals surface area (Å²) in [6.45, 7) is 2.28. The van der Waals surface area contributed by atoms with Crippen LogP contribution in [0, 0.1) is 0 Å². The summed E-state index contributed by atoms with van der Waals surface area (Å²) in [6.07, 6.45) is 26.5. The van der Waals surface area contributed by atoms with Crippen molar-refractivity contribution >= 4 is 35.1 Å². The van der Waals surface area contributed by atoms with E-state index in [9.17, 15) is 14.7 Å². The first kappa shape index (κ1) is 30.8. The quantitative estimate of drug-likeness (QED) is 0.131. The Bertz CT molecular complexity index is 990. The maximum Gasteiger partial charge on any atom is 0.178 e. The van der Waals surface area contributed by atoms with Crippen LogP contribution in [0.4, 0.5) is 0 Å². The van der Waals surface area contributed by atoms with Crippen molar-refractivity contribution in [3.8, 4) is 5.75 Å². The van der Waals surface area contributed by atoms with Crippen LogP contribution in [0.1, 0.15) is 109 Å². The Hall–Kier alpha value is -2.40. The molecule has 1 aromatic carbocycles. The maximum absolute atomic E-state index is 10.3. The Morgan fingerprint density at radius 3 is 1.59 bits per heavy atom. The number of pyridine rings is 1. The molecule has 1 N–H and O–H groups in total. The van der Waals surface area contributed by atoms with E-state index in [-0.39, 0.29) is 17.3 Å². The van der Waals surface area contributed by atoms with Crippen LogP contribution in [0.15, 0.2) is 53.5 Å². The zero-order valence-electron chi connectivity index (χ0n) is 22.6. The monoisotopic (exact) mass is 523 g/mol. The van der Waals surface area contributed by atoms with E-state index in [0.717, 1.165) is 29.4 Å². The fourth-order valence-electron chi connectivity index (χ4n) is 4.51. The van der Waals surface area contributed by atoms with Crippen molar-refractivity contribution in [2.24, 2.45) is 0 Å². The van der Waals surface area contributed by atoms with Gasteiger partial charge in [0.1, 0.15) is 5.75 Å². The fraction of sp³-hybridized carbons (Fsp3) is 0.531. The minimum absolute atomic E-state index is 0.121.